The van der Waals surface area contributed by atoms with E-state index >= 15 is 0 Å². The number of aromatic nitrogens is 2. The summed E-state index contributed by atoms with van der Waals surface area (Å²) in [6.45, 7) is 3.16. The van der Waals surface area contributed by atoms with Gasteiger partial charge in [-0.15, -0.1) is 0 Å². The smallest absolute Gasteiger partial charge is 0.240 e. The molecule has 25 heavy (non-hydrogen) atoms. The molecular formula is C17H20N4O2S2. The van der Waals surface area contributed by atoms with Gasteiger partial charge in [-0.05, 0) is 48.1 Å². The van der Waals surface area contributed by atoms with E-state index in [-0.39, 0.29) is 10.9 Å². The summed E-state index contributed by atoms with van der Waals surface area (Å²) in [5, 5.41) is 6.98. The molecule has 0 fully saturated rings. The van der Waals surface area contributed by atoms with E-state index < -0.39 is 10.0 Å². The predicted molar refractivity (Wildman–Crippen MR) is 100 cm³/mol. The Balaban J connectivity index is 1.56. The highest BCUT2D eigenvalue weighted by Crippen LogP contribution is 2.18. The summed E-state index contributed by atoms with van der Waals surface area (Å²) in [5.74, 6) is 0. The van der Waals surface area contributed by atoms with Crippen molar-refractivity contribution in [3.8, 4) is 0 Å². The van der Waals surface area contributed by atoms with Gasteiger partial charge in [0.2, 0.25) is 10.0 Å². The lowest BCUT2D eigenvalue weighted by Gasteiger charge is -2.15. The predicted octanol–water partition coefficient (Wildman–Crippen LogP) is 2.19. The monoisotopic (exact) mass is 376 g/mol. The van der Waals surface area contributed by atoms with Crippen molar-refractivity contribution in [3.63, 3.8) is 0 Å². The van der Waals surface area contributed by atoms with Crippen LogP contribution in [0.4, 0.5) is 0 Å². The number of benzene rings is 1. The third kappa shape index (κ3) is 4.82. The Labute approximate surface area is 151 Å². The Hall–Kier alpha value is -1.87. The maximum atomic E-state index is 12.5. The van der Waals surface area contributed by atoms with Crippen molar-refractivity contribution in [2.75, 3.05) is 13.1 Å². The van der Waals surface area contributed by atoms with Gasteiger partial charge < -0.3 is 5.32 Å². The molecule has 1 aromatic carbocycles. The molecule has 0 saturated heterocycles. The molecule has 1 atom stereocenters. The zero-order valence-electron chi connectivity index (χ0n) is 13.8. The molecule has 0 aliphatic rings. The molecule has 1 unspecified atom stereocenters. The molecule has 2 N–H and O–H groups in total. The third-order valence-electron chi connectivity index (χ3n) is 3.78. The van der Waals surface area contributed by atoms with E-state index in [1.807, 2.05) is 18.4 Å². The zero-order valence-corrected chi connectivity index (χ0v) is 15.5. The summed E-state index contributed by atoms with van der Waals surface area (Å²) >= 11 is 1.44. The standard InChI is InChI=1S/C17H20N4O2S2/c1-13(11-18-8-5-16-6-9-24-20-16)21-25(22,23)17-3-2-15-12-19-7-4-14(15)10-17/h2-4,6-7,9-10,12-13,18,21H,5,8,11H2,1H3. The molecule has 0 aliphatic carbocycles. The Kier molecular flexibility index (Phi) is 5.74. The van der Waals surface area contributed by atoms with Crippen LogP contribution in [-0.4, -0.2) is 36.9 Å². The van der Waals surface area contributed by atoms with E-state index in [0.29, 0.717) is 6.54 Å². The fourth-order valence-corrected chi connectivity index (χ4v) is 4.35. The van der Waals surface area contributed by atoms with Crippen molar-refractivity contribution in [1.29, 1.82) is 0 Å². The van der Waals surface area contributed by atoms with E-state index in [1.54, 1.807) is 36.7 Å². The van der Waals surface area contributed by atoms with Crippen LogP contribution in [0.1, 0.15) is 12.6 Å². The Morgan fingerprint density at radius 3 is 2.88 bits per heavy atom. The Morgan fingerprint density at radius 1 is 1.20 bits per heavy atom. The SMILES string of the molecule is CC(CNCCc1ccsn1)NS(=O)(=O)c1ccc2cnccc2c1. The molecule has 3 rings (SSSR count). The van der Waals surface area contributed by atoms with Crippen LogP contribution in [0.15, 0.2) is 53.0 Å². The second kappa shape index (κ2) is 8.01. The molecule has 8 heteroatoms. The quantitative estimate of drug-likeness (QED) is 0.589. The van der Waals surface area contributed by atoms with Gasteiger partial charge in [0.05, 0.1) is 10.6 Å². The molecule has 0 amide bonds. The minimum absolute atomic E-state index is 0.214. The summed E-state index contributed by atoms with van der Waals surface area (Å²) in [4.78, 5) is 4.30. The molecule has 0 bridgehead atoms. The van der Waals surface area contributed by atoms with Crippen LogP contribution < -0.4 is 10.0 Å². The fourth-order valence-electron chi connectivity index (χ4n) is 2.50. The number of nitrogens with zero attached hydrogens (tertiary/aromatic N) is 2. The van der Waals surface area contributed by atoms with Crippen LogP contribution >= 0.6 is 11.5 Å². The molecule has 0 saturated carbocycles. The minimum atomic E-state index is -3.55. The lowest BCUT2D eigenvalue weighted by atomic mass is 10.2. The van der Waals surface area contributed by atoms with Crippen molar-refractivity contribution in [3.05, 3.63) is 53.8 Å². The number of nitrogens with one attached hydrogen (secondary N) is 2. The molecule has 2 heterocycles. The highest BCUT2D eigenvalue weighted by atomic mass is 32.2. The summed E-state index contributed by atoms with van der Waals surface area (Å²) in [5.41, 5.74) is 1.05. The van der Waals surface area contributed by atoms with Gasteiger partial charge in [0.15, 0.2) is 0 Å². The third-order valence-corrected chi connectivity index (χ3v) is 5.96. The lowest BCUT2D eigenvalue weighted by Crippen LogP contribution is -2.40. The van der Waals surface area contributed by atoms with Crippen molar-refractivity contribution in [2.45, 2.75) is 24.3 Å². The van der Waals surface area contributed by atoms with Crippen LogP contribution in [0, 0.1) is 0 Å². The van der Waals surface area contributed by atoms with E-state index in [0.717, 1.165) is 29.4 Å². The highest BCUT2D eigenvalue weighted by molar-refractivity contribution is 7.89. The number of rotatable bonds is 8. The van der Waals surface area contributed by atoms with Crippen LogP contribution in [0.2, 0.25) is 0 Å². The fraction of sp³-hybridized carbons (Fsp3) is 0.294. The number of fused-ring (bicyclic) bond motifs is 1. The topological polar surface area (TPSA) is 84.0 Å². The largest absolute Gasteiger partial charge is 0.315 e. The second-order valence-electron chi connectivity index (χ2n) is 5.85. The molecule has 6 nitrogen and oxygen atoms in total. The van der Waals surface area contributed by atoms with Crippen LogP contribution in [0.25, 0.3) is 10.8 Å². The summed E-state index contributed by atoms with van der Waals surface area (Å²) in [6.07, 6.45) is 4.21. The first-order valence-corrected chi connectivity index (χ1v) is 10.3. The van der Waals surface area contributed by atoms with E-state index in [4.69, 9.17) is 0 Å². The summed E-state index contributed by atoms with van der Waals surface area (Å²) < 4.78 is 32.0. The van der Waals surface area contributed by atoms with Gasteiger partial charge in [-0.25, -0.2) is 13.1 Å². The Bertz CT molecular complexity index is 927. The lowest BCUT2D eigenvalue weighted by molar-refractivity contribution is 0.537. The summed E-state index contributed by atoms with van der Waals surface area (Å²) in [6, 6.07) is 8.63. The van der Waals surface area contributed by atoms with Gasteiger partial charge >= 0.3 is 0 Å². The Morgan fingerprint density at radius 2 is 2.08 bits per heavy atom. The van der Waals surface area contributed by atoms with Crippen LogP contribution in [0.5, 0.6) is 0 Å². The first kappa shape index (κ1) is 17.9. The van der Waals surface area contributed by atoms with Crippen molar-refractivity contribution < 1.29 is 8.42 Å². The van der Waals surface area contributed by atoms with Gasteiger partial charge in [-0.3, -0.25) is 4.98 Å². The first-order valence-electron chi connectivity index (χ1n) is 8.01. The maximum Gasteiger partial charge on any atom is 0.240 e. The van der Waals surface area contributed by atoms with Gasteiger partial charge in [-0.2, -0.15) is 4.37 Å². The van der Waals surface area contributed by atoms with E-state index in [2.05, 4.69) is 19.4 Å². The molecular weight excluding hydrogens is 356 g/mol. The van der Waals surface area contributed by atoms with Crippen LogP contribution in [-0.2, 0) is 16.4 Å². The number of sulfonamides is 1. The molecule has 2 aromatic heterocycles. The zero-order chi connectivity index (χ0) is 17.7. The normalized spacial score (nSPS) is 13.2. The first-order chi connectivity index (χ1) is 12.0. The average molecular weight is 377 g/mol. The molecule has 3 aromatic rings. The van der Waals surface area contributed by atoms with Gasteiger partial charge in [0.25, 0.3) is 0 Å². The van der Waals surface area contributed by atoms with Crippen molar-refractivity contribution in [1.82, 2.24) is 19.4 Å². The number of hydrogen-bond acceptors (Lipinski definition) is 6. The van der Waals surface area contributed by atoms with E-state index in [1.165, 1.54) is 11.5 Å². The van der Waals surface area contributed by atoms with Crippen LogP contribution in [0.3, 0.4) is 0 Å². The average Bonchev–Trinajstić information content (AvgIpc) is 3.11. The molecule has 0 spiro atoms. The van der Waals surface area contributed by atoms with Gasteiger partial charge in [-0.1, -0.05) is 6.07 Å². The minimum Gasteiger partial charge on any atom is -0.315 e. The number of pyridine rings is 1. The van der Waals surface area contributed by atoms with Gasteiger partial charge in [0.1, 0.15) is 0 Å². The number of hydrogen-bond donors (Lipinski definition) is 2. The second-order valence-corrected chi connectivity index (χ2v) is 8.23. The molecule has 0 aliphatic heterocycles. The van der Waals surface area contributed by atoms with Crippen molar-refractivity contribution in [2.24, 2.45) is 0 Å². The molecule has 0 radical (unpaired) electrons. The van der Waals surface area contributed by atoms with E-state index in [9.17, 15) is 8.42 Å². The molecule has 132 valence electrons. The van der Waals surface area contributed by atoms with Gasteiger partial charge in [0, 0.05) is 48.7 Å². The highest BCUT2D eigenvalue weighted by Gasteiger charge is 2.17. The summed E-state index contributed by atoms with van der Waals surface area (Å²) in [7, 11) is -3.55. The van der Waals surface area contributed by atoms with Crippen molar-refractivity contribution >= 4 is 32.3 Å². The maximum absolute atomic E-state index is 12.5.